The minimum Gasteiger partial charge on any atom is -0.314 e. The number of hydrogen-bond donors (Lipinski definition) is 1. The fourth-order valence-electron chi connectivity index (χ4n) is 2.95. The molecule has 0 saturated heterocycles. The van der Waals surface area contributed by atoms with Crippen LogP contribution < -0.4 is 5.32 Å². The van der Waals surface area contributed by atoms with Crippen molar-refractivity contribution < 1.29 is 0 Å². The Morgan fingerprint density at radius 1 is 1.21 bits per heavy atom. The van der Waals surface area contributed by atoms with E-state index in [-0.39, 0.29) is 0 Å². The van der Waals surface area contributed by atoms with Gasteiger partial charge in [0, 0.05) is 6.04 Å². The van der Waals surface area contributed by atoms with E-state index in [0.717, 1.165) is 24.4 Å². The average molecular weight is 197 g/mol. The van der Waals surface area contributed by atoms with Crippen LogP contribution in [-0.4, -0.2) is 12.6 Å². The highest BCUT2D eigenvalue weighted by Crippen LogP contribution is 2.31. The summed E-state index contributed by atoms with van der Waals surface area (Å²) in [6.45, 7) is 8.06. The third-order valence-corrected chi connectivity index (χ3v) is 3.77. The maximum absolute atomic E-state index is 3.61. The van der Waals surface area contributed by atoms with Crippen LogP contribution in [-0.2, 0) is 0 Å². The largest absolute Gasteiger partial charge is 0.314 e. The highest BCUT2D eigenvalue weighted by atomic mass is 14.9. The van der Waals surface area contributed by atoms with Gasteiger partial charge in [0.15, 0.2) is 0 Å². The molecule has 1 fully saturated rings. The van der Waals surface area contributed by atoms with Crippen LogP contribution in [0, 0.1) is 11.8 Å². The molecule has 0 bridgehead atoms. The van der Waals surface area contributed by atoms with Crippen LogP contribution in [0.4, 0.5) is 0 Å². The van der Waals surface area contributed by atoms with E-state index in [2.05, 4.69) is 26.1 Å². The Balaban J connectivity index is 2.26. The Morgan fingerprint density at radius 3 is 2.36 bits per heavy atom. The quantitative estimate of drug-likeness (QED) is 0.686. The molecule has 1 heteroatoms. The number of hydrogen-bond acceptors (Lipinski definition) is 1. The van der Waals surface area contributed by atoms with Gasteiger partial charge in [-0.05, 0) is 31.2 Å². The summed E-state index contributed by atoms with van der Waals surface area (Å²) >= 11 is 0. The molecule has 0 aromatic heterocycles. The normalized spacial score (nSPS) is 22.5. The second-order valence-electron chi connectivity index (χ2n) is 4.94. The fraction of sp³-hybridized carbons (Fsp3) is 1.00. The van der Waals surface area contributed by atoms with E-state index in [4.69, 9.17) is 0 Å². The van der Waals surface area contributed by atoms with Gasteiger partial charge in [-0.25, -0.2) is 0 Å². The molecule has 1 rings (SSSR count). The monoisotopic (exact) mass is 197 g/mol. The van der Waals surface area contributed by atoms with Crippen LogP contribution in [0.15, 0.2) is 0 Å². The van der Waals surface area contributed by atoms with Crippen molar-refractivity contribution in [3.05, 3.63) is 0 Å². The molecule has 0 heterocycles. The molecule has 1 nitrogen and oxygen atoms in total. The van der Waals surface area contributed by atoms with Gasteiger partial charge in [-0.3, -0.25) is 0 Å². The first-order valence-corrected chi connectivity index (χ1v) is 6.51. The van der Waals surface area contributed by atoms with Crippen molar-refractivity contribution in [2.45, 2.75) is 65.3 Å². The fourth-order valence-corrected chi connectivity index (χ4v) is 2.95. The predicted octanol–water partition coefficient (Wildman–Crippen LogP) is 3.59. The minimum atomic E-state index is 0.751. The lowest BCUT2D eigenvalue weighted by atomic mass is 9.88. The van der Waals surface area contributed by atoms with Crippen LogP contribution in [0.1, 0.15) is 59.3 Å². The molecular weight excluding hydrogens is 170 g/mol. The zero-order valence-electron chi connectivity index (χ0n) is 10.2. The molecule has 1 saturated carbocycles. The molecule has 84 valence electrons. The third-order valence-electron chi connectivity index (χ3n) is 3.77. The first-order valence-electron chi connectivity index (χ1n) is 6.51. The zero-order chi connectivity index (χ0) is 10.4. The van der Waals surface area contributed by atoms with Crippen molar-refractivity contribution in [1.82, 2.24) is 5.32 Å². The smallest absolute Gasteiger partial charge is 0.00900 e. The molecule has 0 radical (unpaired) electrons. The van der Waals surface area contributed by atoms with Gasteiger partial charge in [0.1, 0.15) is 0 Å². The summed E-state index contributed by atoms with van der Waals surface area (Å²) in [4.78, 5) is 0. The summed E-state index contributed by atoms with van der Waals surface area (Å²) < 4.78 is 0. The lowest BCUT2D eigenvalue weighted by Crippen LogP contribution is -2.35. The molecular formula is C13H27N. The number of rotatable bonds is 6. The summed E-state index contributed by atoms with van der Waals surface area (Å²) in [5.41, 5.74) is 0. The zero-order valence-corrected chi connectivity index (χ0v) is 10.2. The molecule has 0 spiro atoms. The summed E-state index contributed by atoms with van der Waals surface area (Å²) in [5, 5.41) is 3.61. The van der Waals surface area contributed by atoms with E-state index >= 15 is 0 Å². The SMILES string of the molecule is CCNC(CC)C(C)CC1CCCC1. The van der Waals surface area contributed by atoms with Gasteiger partial charge in [0.25, 0.3) is 0 Å². The topological polar surface area (TPSA) is 12.0 Å². The number of nitrogens with one attached hydrogen (secondary N) is 1. The van der Waals surface area contributed by atoms with Crippen LogP contribution in [0.25, 0.3) is 0 Å². The molecule has 0 aromatic carbocycles. The van der Waals surface area contributed by atoms with Crippen LogP contribution in [0.2, 0.25) is 0 Å². The summed E-state index contributed by atoms with van der Waals surface area (Å²) in [7, 11) is 0. The second-order valence-corrected chi connectivity index (χ2v) is 4.94. The van der Waals surface area contributed by atoms with Crippen molar-refractivity contribution in [3.63, 3.8) is 0 Å². The molecule has 2 unspecified atom stereocenters. The predicted molar refractivity (Wildman–Crippen MR) is 63.5 cm³/mol. The highest BCUT2D eigenvalue weighted by Gasteiger charge is 2.21. The Labute approximate surface area is 89.7 Å². The van der Waals surface area contributed by atoms with E-state index in [1.807, 2.05) is 0 Å². The Morgan fingerprint density at radius 2 is 1.86 bits per heavy atom. The van der Waals surface area contributed by atoms with Gasteiger partial charge >= 0.3 is 0 Å². The molecule has 1 aliphatic carbocycles. The van der Waals surface area contributed by atoms with Crippen molar-refractivity contribution in [1.29, 1.82) is 0 Å². The molecule has 0 amide bonds. The lowest BCUT2D eigenvalue weighted by molar-refractivity contribution is 0.303. The van der Waals surface area contributed by atoms with E-state index in [1.165, 1.54) is 38.5 Å². The molecule has 0 aromatic rings. The van der Waals surface area contributed by atoms with Crippen LogP contribution in [0.3, 0.4) is 0 Å². The summed E-state index contributed by atoms with van der Waals surface area (Å²) in [6, 6.07) is 0.751. The van der Waals surface area contributed by atoms with Crippen molar-refractivity contribution >= 4 is 0 Å². The van der Waals surface area contributed by atoms with Gasteiger partial charge in [0.2, 0.25) is 0 Å². The lowest BCUT2D eigenvalue weighted by Gasteiger charge is -2.25. The van der Waals surface area contributed by atoms with Crippen LogP contribution >= 0.6 is 0 Å². The van der Waals surface area contributed by atoms with E-state index in [0.29, 0.717) is 0 Å². The minimum absolute atomic E-state index is 0.751. The van der Waals surface area contributed by atoms with Gasteiger partial charge in [-0.15, -0.1) is 0 Å². The van der Waals surface area contributed by atoms with Gasteiger partial charge in [0.05, 0.1) is 0 Å². The van der Waals surface area contributed by atoms with E-state index in [9.17, 15) is 0 Å². The van der Waals surface area contributed by atoms with Gasteiger partial charge < -0.3 is 5.32 Å². The molecule has 1 aliphatic rings. The second kappa shape index (κ2) is 6.44. The molecule has 14 heavy (non-hydrogen) atoms. The van der Waals surface area contributed by atoms with Crippen molar-refractivity contribution in [2.24, 2.45) is 11.8 Å². The van der Waals surface area contributed by atoms with Gasteiger partial charge in [-0.1, -0.05) is 46.5 Å². The molecule has 2 atom stereocenters. The standard InChI is InChI=1S/C13H27N/c1-4-13(14-5-2)11(3)10-12-8-6-7-9-12/h11-14H,4-10H2,1-3H3. The third kappa shape index (κ3) is 3.61. The molecule has 0 aliphatic heterocycles. The maximum Gasteiger partial charge on any atom is 0.00900 e. The summed E-state index contributed by atoms with van der Waals surface area (Å²) in [5.74, 6) is 1.90. The Hall–Kier alpha value is -0.0400. The highest BCUT2D eigenvalue weighted by molar-refractivity contribution is 4.76. The average Bonchev–Trinajstić information content (AvgIpc) is 2.66. The van der Waals surface area contributed by atoms with Gasteiger partial charge in [-0.2, -0.15) is 0 Å². The first kappa shape index (κ1) is 12.0. The van der Waals surface area contributed by atoms with E-state index < -0.39 is 0 Å². The maximum atomic E-state index is 3.61. The van der Waals surface area contributed by atoms with Crippen molar-refractivity contribution in [3.8, 4) is 0 Å². The first-order chi connectivity index (χ1) is 6.77. The van der Waals surface area contributed by atoms with Crippen molar-refractivity contribution in [2.75, 3.05) is 6.54 Å². The Bertz CT molecular complexity index is 138. The summed E-state index contributed by atoms with van der Waals surface area (Å²) in [6.07, 6.45) is 8.68. The Kier molecular flexibility index (Phi) is 5.54. The van der Waals surface area contributed by atoms with E-state index in [1.54, 1.807) is 0 Å². The van der Waals surface area contributed by atoms with Crippen LogP contribution in [0.5, 0.6) is 0 Å². The molecule has 1 N–H and O–H groups in total.